The second-order valence-electron chi connectivity index (χ2n) is 2.77. The maximum atomic E-state index is 13.5. The molecule has 0 bridgehead atoms. The van der Waals surface area contributed by atoms with Crippen molar-refractivity contribution in [1.82, 2.24) is 0 Å². The third-order valence-corrected chi connectivity index (χ3v) is 1.73. The minimum atomic E-state index is -3.55. The lowest BCUT2D eigenvalue weighted by molar-refractivity contribution is -0.0520. The van der Waals surface area contributed by atoms with E-state index in [1.54, 1.807) is 0 Å². The summed E-state index contributed by atoms with van der Waals surface area (Å²) in [4.78, 5) is 12.6. The quantitative estimate of drug-likeness (QED) is 0.392. The number of nitrogens with zero attached hydrogens (tertiary/aromatic N) is 3. The lowest BCUT2D eigenvalue weighted by atomic mass is 10.1. The van der Waals surface area contributed by atoms with Gasteiger partial charge in [-0.3, -0.25) is 0 Å². The molecule has 0 atom stereocenters. The predicted octanol–water partition coefficient (Wildman–Crippen LogP) is 3.21. The molecule has 0 aliphatic heterocycles. The van der Waals surface area contributed by atoms with E-state index in [1.807, 2.05) is 0 Å². The van der Waals surface area contributed by atoms with Gasteiger partial charge < -0.3 is 9.84 Å². The van der Waals surface area contributed by atoms with Gasteiger partial charge in [-0.15, -0.1) is 0 Å². The van der Waals surface area contributed by atoms with Crippen LogP contribution in [-0.2, 0) is 0 Å². The van der Waals surface area contributed by atoms with Gasteiger partial charge in [0, 0.05) is 4.91 Å². The van der Waals surface area contributed by atoms with Crippen LogP contribution < -0.4 is 4.74 Å². The maximum absolute atomic E-state index is 13.5. The number of hydrogen-bond donors (Lipinski definition) is 1. The van der Waals surface area contributed by atoms with Crippen LogP contribution in [0.15, 0.2) is 11.2 Å². The number of alkyl halides is 2. The normalized spacial score (nSPS) is 10.1. The zero-order valence-corrected chi connectivity index (χ0v) is 8.27. The van der Waals surface area contributed by atoms with Gasteiger partial charge >= 0.3 is 12.6 Å². The van der Waals surface area contributed by atoms with Crippen molar-refractivity contribution in [3.63, 3.8) is 0 Å². The number of carbonyl (C=O) groups is 1. The van der Waals surface area contributed by atoms with E-state index in [1.165, 1.54) is 0 Å². The lowest BCUT2D eigenvalue weighted by Gasteiger charge is -2.10. The van der Waals surface area contributed by atoms with E-state index < -0.39 is 41.2 Å². The first-order valence-corrected chi connectivity index (χ1v) is 4.13. The molecule has 96 valence electrons. The molecular formula is C8H3F4N3O3. The Bertz CT molecular complexity index is 543. The number of halogens is 4. The Morgan fingerprint density at radius 2 is 2.11 bits per heavy atom. The standard InChI is InChI=1S/C8H3F4N3O3/c9-3-1-2(7(16)17)4(10)6(18-8(11)12)5(3)14-15-13/h1,8H,(H,16,17). The summed E-state index contributed by atoms with van der Waals surface area (Å²) in [6.07, 6.45) is 0. The summed E-state index contributed by atoms with van der Waals surface area (Å²) in [5.74, 6) is -6.60. The number of aromatic carboxylic acids is 1. The molecule has 18 heavy (non-hydrogen) atoms. The summed E-state index contributed by atoms with van der Waals surface area (Å²) in [6, 6.07) is 0.194. The maximum Gasteiger partial charge on any atom is 0.387 e. The fourth-order valence-corrected chi connectivity index (χ4v) is 1.08. The van der Waals surface area contributed by atoms with Gasteiger partial charge in [0.1, 0.15) is 17.1 Å². The highest BCUT2D eigenvalue weighted by atomic mass is 19.3. The molecule has 0 aliphatic carbocycles. The molecule has 1 aromatic carbocycles. The summed E-state index contributed by atoms with van der Waals surface area (Å²) >= 11 is 0. The molecule has 1 rings (SSSR count). The van der Waals surface area contributed by atoms with Crippen LogP contribution >= 0.6 is 0 Å². The van der Waals surface area contributed by atoms with E-state index >= 15 is 0 Å². The molecule has 0 amide bonds. The van der Waals surface area contributed by atoms with Crippen LogP contribution in [0.5, 0.6) is 5.75 Å². The number of carboxylic acids is 1. The first-order valence-electron chi connectivity index (χ1n) is 4.13. The molecule has 0 aliphatic rings. The lowest BCUT2D eigenvalue weighted by Crippen LogP contribution is -2.09. The first kappa shape index (κ1) is 13.6. The van der Waals surface area contributed by atoms with Crippen molar-refractivity contribution in [2.75, 3.05) is 0 Å². The number of benzene rings is 1. The van der Waals surface area contributed by atoms with E-state index in [-0.39, 0.29) is 6.07 Å². The van der Waals surface area contributed by atoms with Gasteiger partial charge in [0.15, 0.2) is 11.6 Å². The largest absolute Gasteiger partial charge is 0.478 e. The van der Waals surface area contributed by atoms with Gasteiger partial charge in [-0.2, -0.15) is 8.78 Å². The fraction of sp³-hybridized carbons (Fsp3) is 0.125. The third kappa shape index (κ3) is 2.61. The molecular weight excluding hydrogens is 262 g/mol. The number of carboxylic acid groups (broad SMARTS) is 1. The van der Waals surface area contributed by atoms with Crippen LogP contribution in [0.25, 0.3) is 10.4 Å². The van der Waals surface area contributed by atoms with Gasteiger partial charge in [-0.25, -0.2) is 13.6 Å². The van der Waals surface area contributed by atoms with Crippen LogP contribution in [-0.4, -0.2) is 17.7 Å². The van der Waals surface area contributed by atoms with E-state index in [0.29, 0.717) is 0 Å². The molecule has 0 heterocycles. The number of rotatable bonds is 4. The summed E-state index contributed by atoms with van der Waals surface area (Å²) in [5.41, 5.74) is 5.68. The first-order chi connectivity index (χ1) is 8.38. The van der Waals surface area contributed by atoms with Crippen molar-refractivity contribution in [3.05, 3.63) is 33.7 Å². The number of azide groups is 1. The summed E-state index contributed by atoms with van der Waals surface area (Å²) in [7, 11) is 0. The van der Waals surface area contributed by atoms with Crippen LogP contribution in [0.4, 0.5) is 23.2 Å². The Labute approximate surface area is 96.0 Å². The third-order valence-electron chi connectivity index (χ3n) is 1.73. The Kier molecular flexibility index (Phi) is 3.95. The van der Waals surface area contributed by atoms with Gasteiger partial charge in [-0.05, 0) is 11.6 Å². The predicted molar refractivity (Wildman–Crippen MR) is 48.8 cm³/mol. The van der Waals surface area contributed by atoms with Gasteiger partial charge in [-0.1, -0.05) is 5.11 Å². The SMILES string of the molecule is [N-]=[N+]=Nc1c(F)cc(C(=O)O)c(F)c1OC(F)F. The second kappa shape index (κ2) is 5.23. The molecule has 0 unspecified atom stereocenters. The van der Waals surface area contributed by atoms with Crippen LogP contribution in [0.3, 0.4) is 0 Å². The summed E-state index contributed by atoms with van der Waals surface area (Å²) in [6.45, 7) is -3.55. The fourth-order valence-electron chi connectivity index (χ4n) is 1.08. The second-order valence-corrected chi connectivity index (χ2v) is 2.77. The molecule has 0 spiro atoms. The molecule has 0 radical (unpaired) electrons. The zero-order valence-electron chi connectivity index (χ0n) is 8.27. The summed E-state index contributed by atoms with van der Waals surface area (Å²) < 4.78 is 54.3. The van der Waals surface area contributed by atoms with Gasteiger partial charge in [0.2, 0.25) is 0 Å². The molecule has 6 nitrogen and oxygen atoms in total. The minimum absolute atomic E-state index is 0.194. The number of ether oxygens (including phenoxy) is 1. The van der Waals surface area contributed by atoms with Crippen molar-refractivity contribution >= 4 is 11.7 Å². The molecule has 1 aromatic rings. The molecule has 0 saturated heterocycles. The van der Waals surface area contributed by atoms with Crippen molar-refractivity contribution in [2.24, 2.45) is 5.11 Å². The Balaban J connectivity index is 3.58. The van der Waals surface area contributed by atoms with Crippen LogP contribution in [0.1, 0.15) is 10.4 Å². The van der Waals surface area contributed by atoms with E-state index in [2.05, 4.69) is 14.8 Å². The topological polar surface area (TPSA) is 95.3 Å². The summed E-state index contributed by atoms with van der Waals surface area (Å²) in [5, 5.41) is 11.2. The molecule has 0 saturated carbocycles. The number of hydrogen-bond acceptors (Lipinski definition) is 3. The molecule has 1 N–H and O–H groups in total. The van der Waals surface area contributed by atoms with E-state index in [0.717, 1.165) is 0 Å². The van der Waals surface area contributed by atoms with Crippen molar-refractivity contribution < 1.29 is 32.2 Å². The Morgan fingerprint density at radius 3 is 2.56 bits per heavy atom. The molecule has 0 aromatic heterocycles. The molecule has 0 fully saturated rings. The van der Waals surface area contributed by atoms with Gasteiger partial charge in [0.05, 0.1) is 0 Å². The Hall–Kier alpha value is -2.48. The zero-order chi connectivity index (χ0) is 13.9. The highest BCUT2D eigenvalue weighted by Gasteiger charge is 2.25. The van der Waals surface area contributed by atoms with Gasteiger partial charge in [0.25, 0.3) is 0 Å². The Morgan fingerprint density at radius 1 is 1.50 bits per heavy atom. The van der Waals surface area contributed by atoms with E-state index in [4.69, 9.17) is 10.6 Å². The van der Waals surface area contributed by atoms with Crippen molar-refractivity contribution in [3.8, 4) is 5.75 Å². The van der Waals surface area contributed by atoms with Crippen molar-refractivity contribution in [2.45, 2.75) is 6.61 Å². The van der Waals surface area contributed by atoms with Crippen molar-refractivity contribution in [1.29, 1.82) is 0 Å². The van der Waals surface area contributed by atoms with Crippen LogP contribution in [0, 0.1) is 11.6 Å². The van der Waals surface area contributed by atoms with E-state index in [9.17, 15) is 22.4 Å². The average molecular weight is 265 g/mol. The average Bonchev–Trinajstić information content (AvgIpc) is 2.27. The highest BCUT2D eigenvalue weighted by Crippen LogP contribution is 2.36. The monoisotopic (exact) mass is 265 g/mol. The smallest absolute Gasteiger partial charge is 0.387 e. The minimum Gasteiger partial charge on any atom is -0.478 e. The highest BCUT2D eigenvalue weighted by molar-refractivity contribution is 5.89. The van der Waals surface area contributed by atoms with Crippen LogP contribution in [0.2, 0.25) is 0 Å². The molecule has 10 heteroatoms.